The molecule has 0 saturated carbocycles. The van der Waals surface area contributed by atoms with Crippen molar-refractivity contribution >= 4 is 39.2 Å². The van der Waals surface area contributed by atoms with Crippen LogP contribution < -0.4 is 10.2 Å². The Morgan fingerprint density at radius 2 is 2.06 bits per heavy atom. The van der Waals surface area contributed by atoms with Crippen molar-refractivity contribution in [3.63, 3.8) is 0 Å². The third kappa shape index (κ3) is 2.63. The number of rotatable bonds is 2. The SMILES string of the molecule is CC(=O)N(Cl)c1ccc(N)c(S(=O)(=O)O)c1. The highest BCUT2D eigenvalue weighted by Crippen LogP contribution is 2.26. The van der Waals surface area contributed by atoms with E-state index in [4.69, 9.17) is 22.1 Å². The third-order valence-corrected chi connectivity index (χ3v) is 3.12. The Hall–Kier alpha value is -1.31. The smallest absolute Gasteiger partial charge is 0.296 e. The van der Waals surface area contributed by atoms with Crippen molar-refractivity contribution in [3.05, 3.63) is 18.2 Å². The minimum absolute atomic E-state index is 0.107. The van der Waals surface area contributed by atoms with Crippen LogP contribution in [0.5, 0.6) is 0 Å². The van der Waals surface area contributed by atoms with Gasteiger partial charge in [0.25, 0.3) is 10.1 Å². The molecule has 1 aromatic rings. The molecule has 0 bridgehead atoms. The molecule has 0 aliphatic heterocycles. The molecule has 6 nitrogen and oxygen atoms in total. The molecule has 8 heteroatoms. The van der Waals surface area contributed by atoms with E-state index in [9.17, 15) is 13.2 Å². The first-order chi connectivity index (χ1) is 7.23. The van der Waals surface area contributed by atoms with Crippen LogP contribution in [0.3, 0.4) is 0 Å². The summed E-state index contributed by atoms with van der Waals surface area (Å²) in [5.74, 6) is -0.493. The zero-order valence-corrected chi connectivity index (χ0v) is 9.79. The highest BCUT2D eigenvalue weighted by Gasteiger charge is 2.17. The Labute approximate surface area is 97.5 Å². The number of carbonyl (C=O) groups is 1. The summed E-state index contributed by atoms with van der Waals surface area (Å²) in [6.45, 7) is 1.20. The average molecular weight is 265 g/mol. The summed E-state index contributed by atoms with van der Waals surface area (Å²) in [4.78, 5) is 10.5. The summed E-state index contributed by atoms with van der Waals surface area (Å²) in [6.07, 6.45) is 0. The Morgan fingerprint density at radius 3 is 2.50 bits per heavy atom. The molecule has 0 spiro atoms. The van der Waals surface area contributed by atoms with Gasteiger partial charge < -0.3 is 5.73 Å². The molecule has 1 amide bonds. The maximum absolute atomic E-state index is 10.9. The minimum atomic E-state index is -4.44. The fourth-order valence-electron chi connectivity index (χ4n) is 1.05. The number of hydrogen-bond acceptors (Lipinski definition) is 4. The van der Waals surface area contributed by atoms with Gasteiger partial charge in [-0.3, -0.25) is 9.35 Å². The quantitative estimate of drug-likeness (QED) is 0.472. The summed E-state index contributed by atoms with van der Waals surface area (Å²) >= 11 is 5.58. The molecule has 1 aromatic carbocycles. The number of hydrogen-bond donors (Lipinski definition) is 2. The van der Waals surface area contributed by atoms with Gasteiger partial charge in [0, 0.05) is 18.7 Å². The molecule has 0 unspecified atom stereocenters. The zero-order valence-electron chi connectivity index (χ0n) is 8.21. The summed E-state index contributed by atoms with van der Waals surface area (Å²) in [5, 5.41) is 0. The largest absolute Gasteiger partial charge is 0.398 e. The lowest BCUT2D eigenvalue weighted by molar-refractivity contribution is -0.115. The van der Waals surface area contributed by atoms with Gasteiger partial charge in [0.2, 0.25) is 5.91 Å². The molecule has 16 heavy (non-hydrogen) atoms. The van der Waals surface area contributed by atoms with Gasteiger partial charge >= 0.3 is 0 Å². The fourth-order valence-corrected chi connectivity index (χ4v) is 1.79. The molecule has 1 rings (SSSR count). The Balaban J connectivity index is 3.34. The average Bonchev–Trinajstić information content (AvgIpc) is 2.15. The zero-order chi connectivity index (χ0) is 12.5. The molecule has 0 aromatic heterocycles. The second-order valence-corrected chi connectivity index (χ2v) is 4.73. The van der Waals surface area contributed by atoms with Gasteiger partial charge in [-0.1, -0.05) is 0 Å². The first kappa shape index (κ1) is 12.8. The lowest BCUT2D eigenvalue weighted by Gasteiger charge is -2.12. The van der Waals surface area contributed by atoms with Crippen molar-refractivity contribution in [1.29, 1.82) is 0 Å². The summed E-state index contributed by atoms with van der Waals surface area (Å²) in [7, 11) is -4.44. The number of halogens is 1. The van der Waals surface area contributed by atoms with E-state index in [0.717, 1.165) is 6.07 Å². The van der Waals surface area contributed by atoms with E-state index < -0.39 is 20.9 Å². The second-order valence-electron chi connectivity index (χ2n) is 3.00. The normalized spacial score (nSPS) is 11.2. The lowest BCUT2D eigenvalue weighted by atomic mass is 10.3. The van der Waals surface area contributed by atoms with Crippen LogP contribution in [0, 0.1) is 0 Å². The third-order valence-electron chi connectivity index (χ3n) is 1.78. The Kier molecular flexibility index (Phi) is 3.41. The molecule has 0 fully saturated rings. The van der Waals surface area contributed by atoms with Crippen LogP contribution in [0.25, 0.3) is 0 Å². The van der Waals surface area contributed by atoms with Gasteiger partial charge in [-0.2, -0.15) is 8.42 Å². The summed E-state index contributed by atoms with van der Waals surface area (Å²) in [6, 6.07) is 3.61. The van der Waals surface area contributed by atoms with Crippen LogP contribution in [0.15, 0.2) is 23.1 Å². The predicted octanol–water partition coefficient (Wildman–Crippen LogP) is 1.02. The number of nitrogen functional groups attached to an aromatic ring is 1. The number of benzene rings is 1. The predicted molar refractivity (Wildman–Crippen MR) is 59.7 cm³/mol. The maximum atomic E-state index is 10.9. The first-order valence-electron chi connectivity index (χ1n) is 4.07. The number of nitrogens with zero attached hydrogens (tertiary/aromatic N) is 1. The van der Waals surface area contributed by atoms with Gasteiger partial charge in [0.15, 0.2) is 0 Å². The van der Waals surface area contributed by atoms with Crippen LogP contribution in [0.1, 0.15) is 6.92 Å². The monoisotopic (exact) mass is 264 g/mol. The molecule has 88 valence electrons. The molecular formula is C8H9ClN2O4S. The van der Waals surface area contributed by atoms with Gasteiger partial charge in [-0.15, -0.1) is 0 Å². The molecule has 0 aliphatic rings. The van der Waals surface area contributed by atoms with Crippen LogP contribution in [0.2, 0.25) is 0 Å². The Morgan fingerprint density at radius 1 is 1.50 bits per heavy atom. The van der Waals surface area contributed by atoms with Crippen molar-refractivity contribution in [2.24, 2.45) is 0 Å². The van der Waals surface area contributed by atoms with Crippen LogP contribution in [-0.2, 0) is 14.9 Å². The highest BCUT2D eigenvalue weighted by atomic mass is 35.5. The van der Waals surface area contributed by atoms with E-state index in [0.29, 0.717) is 4.42 Å². The van der Waals surface area contributed by atoms with Crippen LogP contribution in [-0.4, -0.2) is 18.9 Å². The van der Waals surface area contributed by atoms with Crippen molar-refractivity contribution in [2.45, 2.75) is 11.8 Å². The molecule has 0 heterocycles. The first-order valence-corrected chi connectivity index (χ1v) is 5.85. The van der Waals surface area contributed by atoms with E-state index in [1.54, 1.807) is 0 Å². The molecule has 0 aliphatic carbocycles. The standard InChI is InChI=1S/C8H9ClN2O4S/c1-5(12)11(9)6-2-3-7(10)8(4-6)16(13,14)15/h2-4H,10H2,1H3,(H,13,14,15). The van der Waals surface area contributed by atoms with Gasteiger partial charge in [-0.05, 0) is 18.2 Å². The molecule has 0 atom stereocenters. The molecule has 3 N–H and O–H groups in total. The fraction of sp³-hybridized carbons (Fsp3) is 0.125. The number of amides is 1. The summed E-state index contributed by atoms with van der Waals surface area (Å²) in [5.41, 5.74) is 5.35. The maximum Gasteiger partial charge on any atom is 0.296 e. The van der Waals surface area contributed by atoms with Gasteiger partial charge in [-0.25, -0.2) is 4.42 Å². The number of anilines is 2. The van der Waals surface area contributed by atoms with E-state index in [2.05, 4.69) is 0 Å². The molecular weight excluding hydrogens is 256 g/mol. The second kappa shape index (κ2) is 4.28. The minimum Gasteiger partial charge on any atom is -0.398 e. The van der Waals surface area contributed by atoms with E-state index in [-0.39, 0.29) is 11.4 Å². The topological polar surface area (TPSA) is 101 Å². The Bertz CT molecular complexity index is 529. The van der Waals surface area contributed by atoms with Crippen molar-refractivity contribution in [2.75, 3.05) is 10.2 Å². The highest BCUT2D eigenvalue weighted by molar-refractivity contribution is 7.86. The molecule has 0 saturated heterocycles. The van der Waals surface area contributed by atoms with Crippen molar-refractivity contribution in [1.82, 2.24) is 0 Å². The number of nitrogens with two attached hydrogens (primary N) is 1. The van der Waals surface area contributed by atoms with E-state index in [1.807, 2.05) is 0 Å². The van der Waals surface area contributed by atoms with Crippen LogP contribution >= 0.6 is 11.8 Å². The molecule has 0 radical (unpaired) electrons. The lowest BCUT2D eigenvalue weighted by Crippen LogP contribution is -2.17. The summed E-state index contributed by atoms with van der Waals surface area (Å²) < 4.78 is 31.4. The van der Waals surface area contributed by atoms with Crippen LogP contribution in [0.4, 0.5) is 11.4 Å². The van der Waals surface area contributed by atoms with E-state index >= 15 is 0 Å². The van der Waals surface area contributed by atoms with E-state index in [1.165, 1.54) is 19.1 Å². The number of carbonyl (C=O) groups excluding carboxylic acids is 1. The van der Waals surface area contributed by atoms with Gasteiger partial charge in [0.05, 0.1) is 11.4 Å². The van der Waals surface area contributed by atoms with Crippen molar-refractivity contribution in [3.8, 4) is 0 Å². The van der Waals surface area contributed by atoms with Crippen molar-refractivity contribution < 1.29 is 17.8 Å². The van der Waals surface area contributed by atoms with Gasteiger partial charge in [0.1, 0.15) is 4.90 Å².